The maximum atomic E-state index is 12.5. The van der Waals surface area contributed by atoms with Gasteiger partial charge < -0.3 is 14.5 Å². The molecule has 0 aliphatic carbocycles. The van der Waals surface area contributed by atoms with Crippen molar-refractivity contribution >= 4 is 17.5 Å². The van der Waals surface area contributed by atoms with Crippen LogP contribution in [0.5, 0.6) is 0 Å². The molecule has 0 bridgehead atoms. The summed E-state index contributed by atoms with van der Waals surface area (Å²) < 4.78 is 5.48. The Morgan fingerprint density at radius 2 is 2.32 bits per heavy atom. The first-order chi connectivity index (χ1) is 9.08. The Morgan fingerprint density at radius 3 is 3.00 bits per heavy atom. The number of amides is 1. The van der Waals surface area contributed by atoms with Crippen LogP contribution in [0.2, 0.25) is 5.02 Å². The summed E-state index contributed by atoms with van der Waals surface area (Å²) in [5.41, 5.74) is 0.637. The van der Waals surface area contributed by atoms with E-state index in [9.17, 15) is 4.79 Å². The number of nitrogens with zero attached hydrogens (tertiary/aromatic N) is 2. The zero-order valence-corrected chi connectivity index (χ0v) is 12.1. The molecule has 1 atom stereocenters. The molecule has 19 heavy (non-hydrogen) atoms. The van der Waals surface area contributed by atoms with E-state index in [1.165, 1.54) is 0 Å². The molecule has 2 rings (SSSR count). The minimum Gasteiger partial charge on any atom is -0.377 e. The lowest BCUT2D eigenvalue weighted by atomic mass is 10.1. The normalized spacial score (nSPS) is 19.8. The highest BCUT2D eigenvalue weighted by molar-refractivity contribution is 6.30. The minimum atomic E-state index is 0.0256. The van der Waals surface area contributed by atoms with Gasteiger partial charge in [-0.1, -0.05) is 17.7 Å². The minimum absolute atomic E-state index is 0.0256. The summed E-state index contributed by atoms with van der Waals surface area (Å²) in [6.45, 7) is 2.61. The molecule has 1 amide bonds. The van der Waals surface area contributed by atoms with Gasteiger partial charge in [0.05, 0.1) is 19.3 Å². The van der Waals surface area contributed by atoms with Crippen LogP contribution in [0.1, 0.15) is 10.4 Å². The number of rotatable bonds is 3. The van der Waals surface area contributed by atoms with E-state index in [2.05, 4.69) is 4.90 Å². The van der Waals surface area contributed by atoms with E-state index < -0.39 is 0 Å². The van der Waals surface area contributed by atoms with Crippen molar-refractivity contribution in [2.75, 3.05) is 40.4 Å². The van der Waals surface area contributed by atoms with Crippen LogP contribution in [0.3, 0.4) is 0 Å². The highest BCUT2D eigenvalue weighted by Crippen LogP contribution is 2.16. The van der Waals surface area contributed by atoms with Gasteiger partial charge in [0.25, 0.3) is 5.91 Å². The molecule has 0 saturated carbocycles. The fourth-order valence-electron chi connectivity index (χ4n) is 2.28. The third kappa shape index (κ3) is 3.69. The molecule has 1 saturated heterocycles. The van der Waals surface area contributed by atoms with E-state index in [0.717, 1.165) is 6.54 Å². The molecule has 5 heteroatoms. The van der Waals surface area contributed by atoms with Crippen molar-refractivity contribution in [1.82, 2.24) is 9.80 Å². The van der Waals surface area contributed by atoms with Crippen LogP contribution in [-0.2, 0) is 4.74 Å². The molecule has 1 heterocycles. The molecule has 1 aromatic carbocycles. The van der Waals surface area contributed by atoms with Gasteiger partial charge in [0.1, 0.15) is 0 Å². The van der Waals surface area contributed by atoms with Gasteiger partial charge in [-0.15, -0.1) is 0 Å². The summed E-state index contributed by atoms with van der Waals surface area (Å²) in [6, 6.07) is 7.18. The van der Waals surface area contributed by atoms with Crippen molar-refractivity contribution in [3.05, 3.63) is 34.9 Å². The average molecular weight is 283 g/mol. The molecule has 1 aliphatic heterocycles. The fourth-order valence-corrected chi connectivity index (χ4v) is 2.47. The first-order valence-electron chi connectivity index (χ1n) is 6.37. The predicted octanol–water partition coefficient (Wildman–Crippen LogP) is 1.74. The van der Waals surface area contributed by atoms with Gasteiger partial charge in [0.2, 0.25) is 0 Å². The Kier molecular flexibility index (Phi) is 4.80. The number of hydrogen-bond acceptors (Lipinski definition) is 3. The molecule has 0 spiro atoms. The van der Waals surface area contributed by atoms with Gasteiger partial charge in [-0.25, -0.2) is 0 Å². The zero-order valence-electron chi connectivity index (χ0n) is 11.3. The topological polar surface area (TPSA) is 32.8 Å². The van der Waals surface area contributed by atoms with Crippen LogP contribution < -0.4 is 0 Å². The second-order valence-electron chi connectivity index (χ2n) is 5.00. The van der Waals surface area contributed by atoms with E-state index >= 15 is 0 Å². The number of morpholine rings is 1. The van der Waals surface area contributed by atoms with Gasteiger partial charge >= 0.3 is 0 Å². The number of halogens is 1. The third-order valence-electron chi connectivity index (χ3n) is 3.14. The molecule has 0 N–H and O–H groups in total. The molecule has 1 aliphatic rings. The van der Waals surface area contributed by atoms with Gasteiger partial charge in [0, 0.05) is 23.7 Å². The van der Waals surface area contributed by atoms with Crippen molar-refractivity contribution in [1.29, 1.82) is 0 Å². The summed E-state index contributed by atoms with van der Waals surface area (Å²) in [7, 11) is 3.99. The lowest BCUT2D eigenvalue weighted by Crippen LogP contribution is -2.52. The third-order valence-corrected chi connectivity index (χ3v) is 3.37. The summed E-state index contributed by atoms with van der Waals surface area (Å²) in [5, 5.41) is 0.586. The van der Waals surface area contributed by atoms with Crippen molar-refractivity contribution in [3.63, 3.8) is 0 Å². The molecular formula is C14H19ClN2O2. The number of carbonyl (C=O) groups is 1. The largest absolute Gasteiger partial charge is 0.377 e. The Hall–Kier alpha value is -1.10. The van der Waals surface area contributed by atoms with Crippen LogP contribution in [0.25, 0.3) is 0 Å². The van der Waals surface area contributed by atoms with Crippen LogP contribution >= 0.6 is 11.6 Å². The second kappa shape index (κ2) is 6.37. The average Bonchev–Trinajstić information content (AvgIpc) is 2.38. The Morgan fingerprint density at radius 1 is 1.53 bits per heavy atom. The quantitative estimate of drug-likeness (QED) is 0.847. The van der Waals surface area contributed by atoms with Crippen molar-refractivity contribution < 1.29 is 9.53 Å². The number of hydrogen-bond donors (Lipinski definition) is 0. The Balaban J connectivity index is 2.15. The Bertz CT molecular complexity index is 451. The molecule has 1 aromatic rings. The van der Waals surface area contributed by atoms with E-state index in [1.807, 2.05) is 19.0 Å². The standard InChI is InChI=1S/C14H19ClN2O2/c1-16(2)9-13-10-19-7-6-17(13)14(18)11-4-3-5-12(15)8-11/h3-5,8,13H,6-7,9-10H2,1-2H3. The van der Waals surface area contributed by atoms with Gasteiger partial charge in [-0.05, 0) is 32.3 Å². The first kappa shape index (κ1) is 14.3. The lowest BCUT2D eigenvalue weighted by Gasteiger charge is -2.37. The van der Waals surface area contributed by atoms with Crippen LogP contribution in [0.15, 0.2) is 24.3 Å². The highest BCUT2D eigenvalue weighted by Gasteiger charge is 2.28. The lowest BCUT2D eigenvalue weighted by molar-refractivity contribution is -0.00830. The number of ether oxygens (including phenoxy) is 1. The molecule has 4 nitrogen and oxygen atoms in total. The van der Waals surface area contributed by atoms with Crippen LogP contribution in [-0.4, -0.2) is 62.1 Å². The Labute approximate surface area is 118 Å². The van der Waals surface area contributed by atoms with Crippen molar-refractivity contribution in [2.45, 2.75) is 6.04 Å². The van der Waals surface area contributed by atoms with Crippen LogP contribution in [0.4, 0.5) is 0 Å². The van der Waals surface area contributed by atoms with Crippen molar-refractivity contribution in [3.8, 4) is 0 Å². The summed E-state index contributed by atoms with van der Waals surface area (Å²) in [4.78, 5) is 16.5. The van der Waals surface area contributed by atoms with Crippen molar-refractivity contribution in [2.24, 2.45) is 0 Å². The molecule has 1 fully saturated rings. The number of likely N-dealkylation sites (N-methyl/N-ethyl adjacent to an activating group) is 1. The monoisotopic (exact) mass is 282 g/mol. The second-order valence-corrected chi connectivity index (χ2v) is 5.44. The fraction of sp³-hybridized carbons (Fsp3) is 0.500. The zero-order chi connectivity index (χ0) is 13.8. The summed E-state index contributed by atoms with van der Waals surface area (Å²) in [6.07, 6.45) is 0. The maximum absolute atomic E-state index is 12.5. The van der Waals surface area contributed by atoms with E-state index in [4.69, 9.17) is 16.3 Å². The smallest absolute Gasteiger partial charge is 0.254 e. The molecular weight excluding hydrogens is 264 g/mol. The molecule has 104 valence electrons. The van der Waals surface area contributed by atoms with Crippen LogP contribution in [0, 0.1) is 0 Å². The van der Waals surface area contributed by atoms with E-state index in [-0.39, 0.29) is 11.9 Å². The molecule has 0 radical (unpaired) electrons. The summed E-state index contributed by atoms with van der Waals surface area (Å²) in [5.74, 6) is 0.0256. The summed E-state index contributed by atoms with van der Waals surface area (Å²) >= 11 is 5.94. The highest BCUT2D eigenvalue weighted by atomic mass is 35.5. The van der Waals surface area contributed by atoms with Gasteiger partial charge in [-0.3, -0.25) is 4.79 Å². The van der Waals surface area contributed by atoms with E-state index in [0.29, 0.717) is 30.3 Å². The number of benzene rings is 1. The van der Waals surface area contributed by atoms with E-state index in [1.54, 1.807) is 24.3 Å². The SMILES string of the molecule is CN(C)CC1COCCN1C(=O)c1cccc(Cl)c1. The molecule has 1 unspecified atom stereocenters. The number of carbonyl (C=O) groups excluding carboxylic acids is 1. The van der Waals surface area contributed by atoms with Gasteiger partial charge in [0.15, 0.2) is 0 Å². The first-order valence-corrected chi connectivity index (χ1v) is 6.74. The molecule has 0 aromatic heterocycles. The predicted molar refractivity (Wildman–Crippen MR) is 75.6 cm³/mol. The maximum Gasteiger partial charge on any atom is 0.254 e. The van der Waals surface area contributed by atoms with Gasteiger partial charge in [-0.2, -0.15) is 0 Å².